The normalized spacial score (nSPS) is 12.9. The molecule has 0 aliphatic heterocycles. The number of hydrogen-bond acceptors (Lipinski definition) is 2. The molecule has 0 saturated carbocycles. The lowest BCUT2D eigenvalue weighted by Gasteiger charge is -2.07. The number of rotatable bonds is 7. The van der Waals surface area contributed by atoms with E-state index in [1.165, 1.54) is 6.42 Å². The van der Waals surface area contributed by atoms with Crippen LogP contribution in [-0.2, 0) is 4.79 Å². The minimum Gasteiger partial charge on any atom is -0.298 e. The van der Waals surface area contributed by atoms with Gasteiger partial charge < -0.3 is 0 Å². The third kappa shape index (κ3) is 5.64. The number of Topliss-reactive ketones (excluding diaryl/α,β-unsaturated/α-hetero) is 1. The molecule has 12 heavy (non-hydrogen) atoms. The van der Waals surface area contributed by atoms with E-state index in [2.05, 4.69) is 13.8 Å². The average molecular weight is 188 g/mol. The van der Waals surface area contributed by atoms with E-state index < -0.39 is 0 Å². The maximum atomic E-state index is 11.4. The van der Waals surface area contributed by atoms with Gasteiger partial charge in [0, 0.05) is 5.92 Å². The molecular formula is C10H20OS. The molecule has 0 aliphatic carbocycles. The van der Waals surface area contributed by atoms with Crippen LogP contribution in [0.25, 0.3) is 0 Å². The first-order valence-electron chi connectivity index (χ1n) is 4.82. The van der Waals surface area contributed by atoms with E-state index >= 15 is 0 Å². The summed E-state index contributed by atoms with van der Waals surface area (Å²) in [5.41, 5.74) is 0. The van der Waals surface area contributed by atoms with Gasteiger partial charge in [0.25, 0.3) is 0 Å². The Morgan fingerprint density at radius 1 is 1.33 bits per heavy atom. The SMILES string of the molecule is CCCSCC(=O)C(C)CCC. The molecule has 0 radical (unpaired) electrons. The lowest BCUT2D eigenvalue weighted by Crippen LogP contribution is -2.13. The Morgan fingerprint density at radius 3 is 2.50 bits per heavy atom. The lowest BCUT2D eigenvalue weighted by molar-refractivity contribution is -0.120. The summed E-state index contributed by atoms with van der Waals surface area (Å²) in [5.74, 6) is 2.54. The van der Waals surface area contributed by atoms with Gasteiger partial charge >= 0.3 is 0 Å². The fourth-order valence-corrected chi connectivity index (χ4v) is 1.97. The quantitative estimate of drug-likeness (QED) is 0.571. The second-order valence-electron chi connectivity index (χ2n) is 3.21. The van der Waals surface area contributed by atoms with E-state index in [1.54, 1.807) is 11.8 Å². The number of hydrogen-bond donors (Lipinski definition) is 0. The minimum atomic E-state index is 0.277. The van der Waals surface area contributed by atoms with Gasteiger partial charge in [0.1, 0.15) is 5.78 Å². The lowest BCUT2D eigenvalue weighted by atomic mass is 10.0. The summed E-state index contributed by atoms with van der Waals surface area (Å²) in [7, 11) is 0. The molecule has 0 N–H and O–H groups in total. The van der Waals surface area contributed by atoms with Crippen molar-refractivity contribution in [2.75, 3.05) is 11.5 Å². The van der Waals surface area contributed by atoms with E-state index in [9.17, 15) is 4.79 Å². The topological polar surface area (TPSA) is 17.1 Å². The predicted molar refractivity (Wildman–Crippen MR) is 56.7 cm³/mol. The van der Waals surface area contributed by atoms with Crippen LogP contribution in [0.4, 0.5) is 0 Å². The van der Waals surface area contributed by atoms with Crippen molar-refractivity contribution in [3.05, 3.63) is 0 Å². The summed E-state index contributed by atoms with van der Waals surface area (Å²) in [6.07, 6.45) is 3.33. The van der Waals surface area contributed by atoms with E-state index in [4.69, 9.17) is 0 Å². The number of carbonyl (C=O) groups is 1. The van der Waals surface area contributed by atoms with Gasteiger partial charge in [0.05, 0.1) is 5.75 Å². The van der Waals surface area contributed by atoms with Crippen molar-refractivity contribution in [1.29, 1.82) is 0 Å². The highest BCUT2D eigenvalue weighted by atomic mass is 32.2. The molecule has 72 valence electrons. The third-order valence-corrected chi connectivity index (χ3v) is 3.05. The Labute approximate surface area is 80.3 Å². The van der Waals surface area contributed by atoms with Crippen molar-refractivity contribution >= 4 is 17.5 Å². The highest BCUT2D eigenvalue weighted by molar-refractivity contribution is 7.99. The summed E-state index contributed by atoms with van der Waals surface area (Å²) in [6.45, 7) is 6.31. The highest BCUT2D eigenvalue weighted by Gasteiger charge is 2.10. The summed E-state index contributed by atoms with van der Waals surface area (Å²) < 4.78 is 0. The second-order valence-corrected chi connectivity index (χ2v) is 4.31. The summed E-state index contributed by atoms with van der Waals surface area (Å²) in [5, 5.41) is 0. The van der Waals surface area contributed by atoms with Gasteiger partial charge in [-0.05, 0) is 18.6 Å². The molecule has 0 aromatic carbocycles. The molecule has 0 rings (SSSR count). The molecule has 0 fully saturated rings. The van der Waals surface area contributed by atoms with Gasteiger partial charge in [0.15, 0.2) is 0 Å². The fraction of sp³-hybridized carbons (Fsp3) is 0.900. The van der Waals surface area contributed by atoms with Crippen molar-refractivity contribution in [3.8, 4) is 0 Å². The van der Waals surface area contributed by atoms with Gasteiger partial charge in [-0.3, -0.25) is 4.79 Å². The molecule has 0 aliphatic rings. The second kappa shape index (κ2) is 7.66. The van der Waals surface area contributed by atoms with Gasteiger partial charge in [-0.25, -0.2) is 0 Å². The molecule has 1 atom stereocenters. The van der Waals surface area contributed by atoms with Crippen molar-refractivity contribution in [1.82, 2.24) is 0 Å². The van der Waals surface area contributed by atoms with E-state index in [0.717, 1.165) is 24.3 Å². The molecule has 0 aromatic heterocycles. The van der Waals surface area contributed by atoms with Crippen LogP contribution in [0, 0.1) is 5.92 Å². The first kappa shape index (κ1) is 12.0. The Kier molecular flexibility index (Phi) is 7.67. The molecule has 0 saturated heterocycles. The van der Waals surface area contributed by atoms with Gasteiger partial charge in [-0.15, -0.1) is 0 Å². The Bertz CT molecular complexity index is 123. The Morgan fingerprint density at radius 2 is 2.00 bits per heavy atom. The number of thioether (sulfide) groups is 1. The maximum absolute atomic E-state index is 11.4. The van der Waals surface area contributed by atoms with Crippen LogP contribution in [0.2, 0.25) is 0 Å². The number of ketones is 1. The summed E-state index contributed by atoms with van der Waals surface area (Å²) in [6, 6.07) is 0. The molecule has 0 heterocycles. The summed E-state index contributed by atoms with van der Waals surface area (Å²) >= 11 is 1.77. The molecule has 0 aromatic rings. The first-order valence-corrected chi connectivity index (χ1v) is 5.98. The van der Waals surface area contributed by atoms with E-state index in [-0.39, 0.29) is 5.92 Å². The highest BCUT2D eigenvalue weighted by Crippen LogP contribution is 2.11. The molecule has 0 bridgehead atoms. The smallest absolute Gasteiger partial charge is 0.145 e. The van der Waals surface area contributed by atoms with Gasteiger partial charge in [0.2, 0.25) is 0 Å². The molecule has 1 nitrogen and oxygen atoms in total. The van der Waals surface area contributed by atoms with Crippen LogP contribution >= 0.6 is 11.8 Å². The molecule has 0 amide bonds. The van der Waals surface area contributed by atoms with E-state index in [1.807, 2.05) is 6.92 Å². The van der Waals surface area contributed by atoms with Crippen LogP contribution < -0.4 is 0 Å². The van der Waals surface area contributed by atoms with Gasteiger partial charge in [-0.1, -0.05) is 27.2 Å². The van der Waals surface area contributed by atoms with Gasteiger partial charge in [-0.2, -0.15) is 11.8 Å². The summed E-state index contributed by atoms with van der Waals surface area (Å²) in [4.78, 5) is 11.4. The maximum Gasteiger partial charge on any atom is 0.145 e. The van der Waals surface area contributed by atoms with Crippen LogP contribution in [0.15, 0.2) is 0 Å². The average Bonchev–Trinajstić information content (AvgIpc) is 2.05. The Hall–Kier alpha value is 0.0200. The first-order chi connectivity index (χ1) is 5.72. The van der Waals surface area contributed by atoms with Crippen LogP contribution in [0.3, 0.4) is 0 Å². The largest absolute Gasteiger partial charge is 0.298 e. The van der Waals surface area contributed by atoms with Crippen molar-refractivity contribution in [2.24, 2.45) is 5.92 Å². The zero-order valence-corrected chi connectivity index (χ0v) is 9.25. The van der Waals surface area contributed by atoms with Crippen molar-refractivity contribution < 1.29 is 4.79 Å². The zero-order chi connectivity index (χ0) is 9.40. The van der Waals surface area contributed by atoms with Crippen molar-refractivity contribution in [2.45, 2.75) is 40.0 Å². The minimum absolute atomic E-state index is 0.277. The molecule has 1 unspecified atom stereocenters. The fourth-order valence-electron chi connectivity index (χ4n) is 1.05. The van der Waals surface area contributed by atoms with E-state index in [0.29, 0.717) is 5.78 Å². The predicted octanol–water partition coefficient (Wildman–Crippen LogP) is 3.13. The van der Waals surface area contributed by atoms with Crippen LogP contribution in [0.1, 0.15) is 40.0 Å². The van der Waals surface area contributed by atoms with Crippen molar-refractivity contribution in [3.63, 3.8) is 0 Å². The molecule has 2 heteroatoms. The van der Waals surface area contributed by atoms with Crippen LogP contribution in [0.5, 0.6) is 0 Å². The molecular weight excluding hydrogens is 168 g/mol. The standard InChI is InChI=1S/C10H20OS/c1-4-6-9(3)10(11)8-12-7-5-2/h9H,4-8H2,1-3H3. The zero-order valence-electron chi connectivity index (χ0n) is 8.43. The van der Waals surface area contributed by atoms with Crippen LogP contribution in [-0.4, -0.2) is 17.3 Å². The monoisotopic (exact) mass is 188 g/mol. The third-order valence-electron chi connectivity index (χ3n) is 1.86. The number of carbonyl (C=O) groups excluding carboxylic acids is 1. The molecule has 0 spiro atoms. The Balaban J connectivity index is 3.43.